The molecule has 4 heterocycles. The first-order valence-corrected chi connectivity index (χ1v) is 12.6. The number of nitrogens with zero attached hydrogens (tertiary/aromatic N) is 3. The number of aromatic amines is 1. The molecule has 1 unspecified atom stereocenters. The molecule has 1 saturated heterocycles. The molecule has 8 heteroatoms. The molecule has 2 aliphatic heterocycles. The molecule has 1 fully saturated rings. The minimum atomic E-state index is -0.0207. The Morgan fingerprint density at radius 2 is 2.17 bits per heavy atom. The summed E-state index contributed by atoms with van der Waals surface area (Å²) in [6.07, 6.45) is 5.60. The van der Waals surface area contributed by atoms with Crippen LogP contribution in [0.2, 0.25) is 0 Å². The Bertz CT molecular complexity index is 1190. The molecule has 0 aliphatic carbocycles. The predicted octanol–water partition coefficient (Wildman–Crippen LogP) is 3.38. The van der Waals surface area contributed by atoms with Gasteiger partial charge in [-0.25, -0.2) is 9.78 Å². The van der Waals surface area contributed by atoms with Crippen molar-refractivity contribution in [1.29, 1.82) is 0 Å². The summed E-state index contributed by atoms with van der Waals surface area (Å²) in [7, 11) is 0. The Labute approximate surface area is 206 Å². The van der Waals surface area contributed by atoms with E-state index in [9.17, 15) is 9.90 Å². The Morgan fingerprint density at radius 1 is 1.29 bits per heavy atom. The van der Waals surface area contributed by atoms with Crippen LogP contribution in [0, 0.1) is 6.92 Å². The van der Waals surface area contributed by atoms with Crippen molar-refractivity contribution in [2.75, 3.05) is 46.0 Å². The molecule has 1 atom stereocenters. The number of rotatable bonds is 6. The van der Waals surface area contributed by atoms with Crippen LogP contribution in [0.4, 0.5) is 4.79 Å². The summed E-state index contributed by atoms with van der Waals surface area (Å²) in [5.74, 6) is 0. The van der Waals surface area contributed by atoms with Gasteiger partial charge in [-0.15, -0.1) is 0 Å². The van der Waals surface area contributed by atoms with E-state index in [0.717, 1.165) is 41.5 Å². The lowest BCUT2D eigenvalue weighted by atomic mass is 9.87. The maximum atomic E-state index is 13.3. The predicted molar refractivity (Wildman–Crippen MR) is 136 cm³/mol. The molecule has 3 N–H and O–H groups in total. The Morgan fingerprint density at radius 3 is 2.94 bits per heavy atom. The van der Waals surface area contributed by atoms with Crippen molar-refractivity contribution in [3.05, 3.63) is 52.8 Å². The van der Waals surface area contributed by atoms with E-state index in [4.69, 9.17) is 4.74 Å². The average molecular weight is 478 g/mol. The van der Waals surface area contributed by atoms with Crippen molar-refractivity contribution < 1.29 is 14.6 Å². The van der Waals surface area contributed by atoms with Crippen LogP contribution in [-0.4, -0.2) is 76.9 Å². The van der Waals surface area contributed by atoms with Crippen LogP contribution in [0.25, 0.3) is 22.2 Å². The van der Waals surface area contributed by atoms with Crippen LogP contribution < -0.4 is 5.32 Å². The van der Waals surface area contributed by atoms with Gasteiger partial charge < -0.3 is 29.9 Å². The number of H-pyrrole nitrogens is 1. The van der Waals surface area contributed by atoms with Gasteiger partial charge in [0.05, 0.1) is 25.9 Å². The number of urea groups is 1. The maximum absolute atomic E-state index is 13.3. The fraction of sp³-hybridized carbons (Fsp3) is 0.481. The third-order valence-electron chi connectivity index (χ3n) is 7.15. The molecule has 0 bridgehead atoms. The highest BCUT2D eigenvalue weighted by Crippen LogP contribution is 2.34. The molecule has 0 radical (unpaired) electrons. The number of hydrogen-bond acceptors (Lipinski definition) is 5. The van der Waals surface area contributed by atoms with E-state index >= 15 is 0 Å². The van der Waals surface area contributed by atoms with Gasteiger partial charge in [0.15, 0.2) is 0 Å². The number of carbonyl (C=O) groups is 1. The minimum Gasteiger partial charge on any atom is -0.395 e. The molecule has 0 spiro atoms. The lowest BCUT2D eigenvalue weighted by Crippen LogP contribution is -2.47. The van der Waals surface area contributed by atoms with Gasteiger partial charge in [-0.2, -0.15) is 0 Å². The second-order valence-corrected chi connectivity index (χ2v) is 9.54. The number of nitrogens with one attached hydrogen (secondary N) is 2. The normalized spacial score (nSPS) is 18.0. The summed E-state index contributed by atoms with van der Waals surface area (Å²) in [5, 5.41) is 14.2. The zero-order valence-corrected chi connectivity index (χ0v) is 20.6. The van der Waals surface area contributed by atoms with Crippen molar-refractivity contribution in [1.82, 2.24) is 25.1 Å². The molecular formula is C27H35N5O3. The fourth-order valence-electron chi connectivity index (χ4n) is 5.29. The van der Waals surface area contributed by atoms with Gasteiger partial charge in [-0.1, -0.05) is 13.0 Å². The van der Waals surface area contributed by atoms with Gasteiger partial charge in [0.1, 0.15) is 5.65 Å². The second kappa shape index (κ2) is 10.4. The number of fused-ring (bicyclic) bond motifs is 2. The van der Waals surface area contributed by atoms with Gasteiger partial charge in [-0.05, 0) is 59.7 Å². The van der Waals surface area contributed by atoms with Gasteiger partial charge in [0, 0.05) is 56.1 Å². The van der Waals surface area contributed by atoms with Crippen LogP contribution in [0.3, 0.4) is 0 Å². The monoisotopic (exact) mass is 477 g/mol. The van der Waals surface area contributed by atoms with Crippen molar-refractivity contribution in [3.8, 4) is 11.1 Å². The van der Waals surface area contributed by atoms with Gasteiger partial charge in [0.2, 0.25) is 0 Å². The maximum Gasteiger partial charge on any atom is 0.320 e. The lowest BCUT2D eigenvalue weighted by Gasteiger charge is -2.36. The zero-order valence-electron chi connectivity index (χ0n) is 20.6. The average Bonchev–Trinajstić information content (AvgIpc) is 3.27. The van der Waals surface area contributed by atoms with Gasteiger partial charge >= 0.3 is 6.03 Å². The number of aliphatic hydroxyl groups is 1. The van der Waals surface area contributed by atoms with E-state index in [1.54, 1.807) is 4.90 Å². The molecule has 1 aromatic carbocycles. The molecule has 3 aromatic rings. The van der Waals surface area contributed by atoms with E-state index in [-0.39, 0.29) is 18.7 Å². The molecule has 2 aliphatic rings. The van der Waals surface area contributed by atoms with Crippen LogP contribution in [0.5, 0.6) is 0 Å². The molecule has 2 amide bonds. The summed E-state index contributed by atoms with van der Waals surface area (Å²) in [6.45, 7) is 8.53. The molecule has 35 heavy (non-hydrogen) atoms. The number of aliphatic hydroxyl groups excluding tert-OH is 1. The third kappa shape index (κ3) is 4.78. The summed E-state index contributed by atoms with van der Waals surface area (Å²) >= 11 is 0. The Kier molecular flexibility index (Phi) is 7.04. The number of aryl methyl sites for hydroxylation is 1. The fourth-order valence-corrected chi connectivity index (χ4v) is 5.29. The molecule has 186 valence electrons. The van der Waals surface area contributed by atoms with E-state index in [1.807, 2.05) is 17.3 Å². The van der Waals surface area contributed by atoms with Crippen LogP contribution in [0.15, 0.2) is 30.6 Å². The van der Waals surface area contributed by atoms with Crippen molar-refractivity contribution >= 4 is 17.1 Å². The van der Waals surface area contributed by atoms with Gasteiger partial charge in [-0.3, -0.25) is 0 Å². The summed E-state index contributed by atoms with van der Waals surface area (Å²) in [6, 6.07) is 6.82. The summed E-state index contributed by atoms with van der Waals surface area (Å²) < 4.78 is 5.82. The first-order chi connectivity index (χ1) is 17.1. The SMILES string of the molecule is CCCN(CCO)C(=O)N1CCc2cc(-c3cnc4[nH]cc(C)c4c3)cc(C3COCCN3)c2C1. The molecule has 2 aromatic heterocycles. The third-order valence-corrected chi connectivity index (χ3v) is 7.15. The molecule has 8 nitrogen and oxygen atoms in total. The highest BCUT2D eigenvalue weighted by atomic mass is 16.5. The molecular weight excluding hydrogens is 442 g/mol. The Hall–Kier alpha value is -2.94. The highest BCUT2D eigenvalue weighted by molar-refractivity contribution is 5.84. The number of carbonyl (C=O) groups excluding carboxylic acids is 1. The van der Waals surface area contributed by atoms with Gasteiger partial charge in [0.25, 0.3) is 0 Å². The quantitative estimate of drug-likeness (QED) is 0.506. The first-order valence-electron chi connectivity index (χ1n) is 12.6. The number of benzene rings is 1. The number of aromatic nitrogens is 2. The van der Waals surface area contributed by atoms with E-state index < -0.39 is 0 Å². The summed E-state index contributed by atoms with van der Waals surface area (Å²) in [4.78, 5) is 24.9. The second-order valence-electron chi connectivity index (χ2n) is 9.54. The zero-order chi connectivity index (χ0) is 24.4. The summed E-state index contributed by atoms with van der Waals surface area (Å²) in [5.41, 5.74) is 8.02. The van der Waals surface area contributed by atoms with Crippen molar-refractivity contribution in [3.63, 3.8) is 0 Å². The number of hydrogen-bond donors (Lipinski definition) is 3. The molecule has 5 rings (SSSR count). The van der Waals surface area contributed by atoms with Crippen LogP contribution in [0.1, 0.15) is 41.6 Å². The van der Waals surface area contributed by atoms with E-state index in [2.05, 4.69) is 47.3 Å². The highest BCUT2D eigenvalue weighted by Gasteiger charge is 2.29. The lowest BCUT2D eigenvalue weighted by molar-refractivity contribution is 0.0761. The minimum absolute atomic E-state index is 0.00649. The largest absolute Gasteiger partial charge is 0.395 e. The standard InChI is InChI=1S/C27H35N5O3/c1-3-6-31(8-9-33)27(34)32-7-4-19-11-20(21-13-22-18(2)14-29-26(22)30-15-21)12-23(24(19)16-32)25-17-35-10-5-28-25/h11-15,25,28,33H,3-10,16-17H2,1-2H3,(H,29,30). The number of amides is 2. The molecule has 0 saturated carbocycles. The smallest absolute Gasteiger partial charge is 0.320 e. The topological polar surface area (TPSA) is 93.7 Å². The van der Waals surface area contributed by atoms with Crippen molar-refractivity contribution in [2.45, 2.75) is 39.3 Å². The van der Waals surface area contributed by atoms with Crippen molar-refractivity contribution in [2.24, 2.45) is 0 Å². The van der Waals surface area contributed by atoms with Crippen LogP contribution >= 0.6 is 0 Å². The number of pyridine rings is 1. The Balaban J connectivity index is 1.52. The number of morpholine rings is 1. The van der Waals surface area contributed by atoms with E-state index in [0.29, 0.717) is 39.4 Å². The van der Waals surface area contributed by atoms with E-state index in [1.165, 1.54) is 22.3 Å². The first kappa shape index (κ1) is 23.8. The van der Waals surface area contributed by atoms with Crippen LogP contribution in [-0.2, 0) is 17.7 Å². The number of ether oxygens (including phenoxy) is 1.